The molecule has 0 aromatic heterocycles. The standard InChI is InChI=1S/C17H18N4OS/c1-12(14-7-6-10-16(11-14)18-13(2)22)20-21-17(23)19-15-8-4-3-5-9-15/h3-11H,1-2H3,(H,18,22)(H2,19,21,23). The molecule has 0 radical (unpaired) electrons. The SMILES string of the molecule is CC(=O)Nc1cccc(C(C)=NNC(=S)Nc2ccccc2)c1. The van der Waals surface area contributed by atoms with Crippen molar-refractivity contribution in [2.24, 2.45) is 5.10 Å². The second-order valence-electron chi connectivity index (χ2n) is 4.89. The number of rotatable bonds is 4. The van der Waals surface area contributed by atoms with Gasteiger partial charge in [-0.15, -0.1) is 0 Å². The van der Waals surface area contributed by atoms with E-state index < -0.39 is 0 Å². The summed E-state index contributed by atoms with van der Waals surface area (Å²) in [6, 6.07) is 17.1. The summed E-state index contributed by atoms with van der Waals surface area (Å²) in [5, 5.41) is 10.5. The number of carbonyl (C=O) groups is 1. The molecule has 23 heavy (non-hydrogen) atoms. The highest BCUT2D eigenvalue weighted by atomic mass is 32.1. The predicted molar refractivity (Wildman–Crippen MR) is 98.8 cm³/mol. The number of carbonyl (C=O) groups excluding carboxylic acids is 1. The number of hydrazone groups is 1. The van der Waals surface area contributed by atoms with Crippen LogP contribution in [-0.4, -0.2) is 16.7 Å². The molecule has 0 saturated carbocycles. The molecule has 1 amide bonds. The molecule has 0 saturated heterocycles. The highest BCUT2D eigenvalue weighted by Gasteiger charge is 2.02. The fraction of sp³-hybridized carbons (Fsp3) is 0.118. The first-order valence-electron chi connectivity index (χ1n) is 7.09. The highest BCUT2D eigenvalue weighted by Crippen LogP contribution is 2.11. The van der Waals surface area contributed by atoms with E-state index in [9.17, 15) is 4.79 Å². The number of thiocarbonyl (C=S) groups is 1. The Balaban J connectivity index is 1.99. The van der Waals surface area contributed by atoms with Crippen LogP contribution in [0.3, 0.4) is 0 Å². The van der Waals surface area contributed by atoms with Crippen molar-refractivity contribution in [3.05, 3.63) is 60.2 Å². The van der Waals surface area contributed by atoms with E-state index in [2.05, 4.69) is 21.2 Å². The van der Waals surface area contributed by atoms with Crippen molar-refractivity contribution in [1.29, 1.82) is 0 Å². The Morgan fingerprint density at radius 1 is 0.957 bits per heavy atom. The molecule has 3 N–H and O–H groups in total. The minimum atomic E-state index is -0.108. The summed E-state index contributed by atoms with van der Waals surface area (Å²) in [6.45, 7) is 3.34. The van der Waals surface area contributed by atoms with E-state index in [1.165, 1.54) is 6.92 Å². The fourth-order valence-corrected chi connectivity index (χ4v) is 2.07. The number of anilines is 2. The molecule has 2 rings (SSSR count). The third-order valence-corrected chi connectivity index (χ3v) is 3.15. The first-order valence-corrected chi connectivity index (χ1v) is 7.50. The van der Waals surface area contributed by atoms with Crippen LogP contribution in [0.25, 0.3) is 0 Å². The third-order valence-electron chi connectivity index (χ3n) is 2.96. The first kappa shape index (κ1) is 16.6. The predicted octanol–water partition coefficient (Wildman–Crippen LogP) is 3.36. The highest BCUT2D eigenvalue weighted by molar-refractivity contribution is 7.80. The lowest BCUT2D eigenvalue weighted by molar-refractivity contribution is -0.114. The third kappa shape index (κ3) is 5.52. The van der Waals surface area contributed by atoms with Crippen LogP contribution in [0.15, 0.2) is 59.7 Å². The van der Waals surface area contributed by atoms with Crippen LogP contribution in [0.4, 0.5) is 11.4 Å². The Morgan fingerprint density at radius 3 is 2.35 bits per heavy atom. The average Bonchev–Trinajstić information content (AvgIpc) is 2.53. The van der Waals surface area contributed by atoms with Crippen LogP contribution >= 0.6 is 12.2 Å². The molecule has 0 aliphatic rings. The molecular formula is C17H18N4OS. The molecule has 2 aromatic carbocycles. The van der Waals surface area contributed by atoms with Crippen molar-refractivity contribution in [2.75, 3.05) is 10.6 Å². The smallest absolute Gasteiger partial charge is 0.221 e. The Morgan fingerprint density at radius 2 is 1.65 bits per heavy atom. The van der Waals surface area contributed by atoms with Gasteiger partial charge in [-0.1, -0.05) is 30.3 Å². The summed E-state index contributed by atoms with van der Waals surface area (Å²) in [5.41, 5.74) is 6.09. The largest absolute Gasteiger partial charge is 0.331 e. The van der Waals surface area contributed by atoms with Gasteiger partial charge in [0.05, 0.1) is 5.71 Å². The van der Waals surface area contributed by atoms with Crippen LogP contribution in [0, 0.1) is 0 Å². The number of amides is 1. The second-order valence-corrected chi connectivity index (χ2v) is 5.30. The van der Waals surface area contributed by atoms with E-state index in [1.54, 1.807) is 0 Å². The molecular weight excluding hydrogens is 308 g/mol. The van der Waals surface area contributed by atoms with Gasteiger partial charge in [-0.3, -0.25) is 10.2 Å². The molecule has 0 atom stereocenters. The molecule has 2 aromatic rings. The molecule has 0 aliphatic carbocycles. The van der Waals surface area contributed by atoms with Crippen molar-refractivity contribution in [1.82, 2.24) is 5.43 Å². The van der Waals surface area contributed by atoms with Crippen LogP contribution in [0.2, 0.25) is 0 Å². The topological polar surface area (TPSA) is 65.5 Å². The lowest BCUT2D eigenvalue weighted by atomic mass is 10.1. The summed E-state index contributed by atoms with van der Waals surface area (Å²) in [4.78, 5) is 11.1. The van der Waals surface area contributed by atoms with Gasteiger partial charge in [0.1, 0.15) is 0 Å². The van der Waals surface area contributed by atoms with Crippen molar-refractivity contribution in [3.63, 3.8) is 0 Å². The zero-order chi connectivity index (χ0) is 16.7. The van der Waals surface area contributed by atoms with Crippen LogP contribution in [0.5, 0.6) is 0 Å². The Bertz CT molecular complexity index is 728. The fourth-order valence-electron chi connectivity index (χ4n) is 1.90. The lowest BCUT2D eigenvalue weighted by Crippen LogP contribution is -2.24. The van der Waals surface area contributed by atoms with Crippen LogP contribution < -0.4 is 16.1 Å². The Labute approximate surface area is 140 Å². The van der Waals surface area contributed by atoms with E-state index in [4.69, 9.17) is 12.2 Å². The number of hydrogen-bond acceptors (Lipinski definition) is 3. The van der Waals surface area contributed by atoms with Gasteiger partial charge in [0.25, 0.3) is 0 Å². The average molecular weight is 326 g/mol. The molecule has 5 nitrogen and oxygen atoms in total. The van der Waals surface area contributed by atoms with Crippen molar-refractivity contribution in [2.45, 2.75) is 13.8 Å². The maximum atomic E-state index is 11.1. The van der Waals surface area contributed by atoms with Crippen molar-refractivity contribution < 1.29 is 4.79 Å². The number of para-hydroxylation sites is 1. The van der Waals surface area contributed by atoms with Gasteiger partial charge in [-0.2, -0.15) is 5.10 Å². The van der Waals surface area contributed by atoms with E-state index in [-0.39, 0.29) is 5.91 Å². The monoisotopic (exact) mass is 326 g/mol. The zero-order valence-corrected chi connectivity index (χ0v) is 13.8. The van der Waals surface area contributed by atoms with Gasteiger partial charge in [0.15, 0.2) is 5.11 Å². The van der Waals surface area contributed by atoms with Gasteiger partial charge < -0.3 is 10.6 Å². The minimum absolute atomic E-state index is 0.108. The molecule has 0 aliphatic heterocycles. The van der Waals surface area contributed by atoms with E-state index in [0.717, 1.165) is 22.6 Å². The molecule has 6 heteroatoms. The molecule has 0 heterocycles. The Hall–Kier alpha value is -2.73. The molecule has 0 spiro atoms. The number of nitrogens with zero attached hydrogens (tertiary/aromatic N) is 1. The summed E-state index contributed by atoms with van der Waals surface area (Å²) in [5.74, 6) is -0.108. The number of hydrogen-bond donors (Lipinski definition) is 3. The van der Waals surface area contributed by atoms with Gasteiger partial charge >= 0.3 is 0 Å². The maximum absolute atomic E-state index is 11.1. The van der Waals surface area contributed by atoms with Gasteiger partial charge in [0, 0.05) is 18.3 Å². The van der Waals surface area contributed by atoms with Crippen LogP contribution in [-0.2, 0) is 4.79 Å². The van der Waals surface area contributed by atoms with Gasteiger partial charge in [0.2, 0.25) is 5.91 Å². The molecule has 118 valence electrons. The molecule has 0 fully saturated rings. The zero-order valence-electron chi connectivity index (χ0n) is 13.0. The summed E-state index contributed by atoms with van der Waals surface area (Å²) in [6.07, 6.45) is 0. The van der Waals surface area contributed by atoms with Crippen molar-refractivity contribution in [3.8, 4) is 0 Å². The second kappa shape index (κ2) is 8.05. The Kier molecular flexibility index (Phi) is 5.82. The summed E-state index contributed by atoms with van der Waals surface area (Å²) >= 11 is 5.20. The van der Waals surface area contributed by atoms with E-state index in [0.29, 0.717) is 5.11 Å². The van der Waals surface area contributed by atoms with Gasteiger partial charge in [-0.25, -0.2) is 0 Å². The normalized spacial score (nSPS) is 10.8. The number of benzene rings is 2. The summed E-state index contributed by atoms with van der Waals surface area (Å²) < 4.78 is 0. The molecule has 0 bridgehead atoms. The molecule has 0 unspecified atom stereocenters. The lowest BCUT2D eigenvalue weighted by Gasteiger charge is -2.09. The maximum Gasteiger partial charge on any atom is 0.221 e. The van der Waals surface area contributed by atoms with Gasteiger partial charge in [-0.05, 0) is 49.0 Å². The summed E-state index contributed by atoms with van der Waals surface area (Å²) in [7, 11) is 0. The minimum Gasteiger partial charge on any atom is -0.331 e. The van der Waals surface area contributed by atoms with Crippen LogP contribution in [0.1, 0.15) is 19.4 Å². The quantitative estimate of drug-likeness (QED) is 0.458. The van der Waals surface area contributed by atoms with Crippen molar-refractivity contribution >= 4 is 40.3 Å². The first-order chi connectivity index (χ1) is 11.0. The van der Waals surface area contributed by atoms with E-state index >= 15 is 0 Å². The van der Waals surface area contributed by atoms with E-state index in [1.807, 2.05) is 61.5 Å². The number of nitrogens with one attached hydrogen (secondary N) is 3.